The molecule has 0 fully saturated rings. The lowest BCUT2D eigenvalue weighted by atomic mass is 10.1. The Balaban J connectivity index is 2.07. The Hall–Kier alpha value is -3.48. The molecule has 1 unspecified atom stereocenters. The molecule has 0 bridgehead atoms. The van der Waals surface area contributed by atoms with Gasteiger partial charge in [-0.3, -0.25) is 19.0 Å². The first-order valence-corrected chi connectivity index (χ1v) is 10.7. The van der Waals surface area contributed by atoms with Crippen LogP contribution in [0.4, 0.5) is 0 Å². The molecule has 0 saturated carbocycles. The van der Waals surface area contributed by atoms with Gasteiger partial charge >= 0.3 is 5.97 Å². The van der Waals surface area contributed by atoms with Crippen LogP contribution in [0.5, 0.6) is 0 Å². The zero-order chi connectivity index (χ0) is 23.4. The van der Waals surface area contributed by atoms with Crippen molar-refractivity contribution in [3.63, 3.8) is 0 Å². The molecule has 7 heteroatoms. The van der Waals surface area contributed by atoms with E-state index in [1.54, 1.807) is 30.7 Å². The first-order valence-electron chi connectivity index (χ1n) is 10.7. The highest BCUT2D eigenvalue weighted by Gasteiger charge is 2.25. The van der Waals surface area contributed by atoms with Gasteiger partial charge < -0.3 is 9.64 Å². The van der Waals surface area contributed by atoms with Gasteiger partial charge in [0.1, 0.15) is 5.82 Å². The molecule has 3 rings (SSSR count). The molecule has 0 aliphatic heterocycles. The lowest BCUT2D eigenvalue weighted by Crippen LogP contribution is -2.35. The number of esters is 1. The van der Waals surface area contributed by atoms with Crippen molar-refractivity contribution in [1.82, 2.24) is 14.5 Å². The molecule has 2 aromatic carbocycles. The summed E-state index contributed by atoms with van der Waals surface area (Å²) in [6.07, 6.45) is 0.0415. The van der Waals surface area contributed by atoms with Gasteiger partial charge in [0.15, 0.2) is 0 Å². The standard InChI is InChI=1S/C25H29N3O4/c1-6-32-23(30)14-13-22(29)27(5)18(4)24-26-20-10-8-7-9-19(20)25(31)28(24)21-12-11-16(2)15-17(21)3/h7-12,15,18H,6,13-14H2,1-5H3. The smallest absolute Gasteiger partial charge is 0.306 e. The van der Waals surface area contributed by atoms with Crippen molar-refractivity contribution in [2.24, 2.45) is 0 Å². The molecule has 1 aromatic heterocycles. The van der Waals surface area contributed by atoms with Crippen molar-refractivity contribution in [2.75, 3.05) is 13.7 Å². The molecule has 0 saturated heterocycles. The van der Waals surface area contributed by atoms with Gasteiger partial charge in [-0.25, -0.2) is 4.98 Å². The number of nitrogens with zero attached hydrogens (tertiary/aromatic N) is 3. The van der Waals surface area contributed by atoms with E-state index in [9.17, 15) is 14.4 Å². The Morgan fingerprint density at radius 2 is 1.84 bits per heavy atom. The average Bonchev–Trinajstić information content (AvgIpc) is 2.77. The van der Waals surface area contributed by atoms with E-state index in [1.165, 1.54) is 4.90 Å². The molecular weight excluding hydrogens is 406 g/mol. The normalized spacial score (nSPS) is 11.9. The van der Waals surface area contributed by atoms with E-state index in [1.807, 2.05) is 51.1 Å². The zero-order valence-corrected chi connectivity index (χ0v) is 19.2. The number of para-hydroxylation sites is 1. The molecule has 0 spiro atoms. The molecular formula is C25H29N3O4. The molecule has 7 nitrogen and oxygen atoms in total. The van der Waals surface area contributed by atoms with E-state index in [0.29, 0.717) is 16.7 Å². The number of carbonyl (C=O) groups is 2. The van der Waals surface area contributed by atoms with Gasteiger partial charge in [0.2, 0.25) is 5.91 Å². The van der Waals surface area contributed by atoms with Crippen molar-refractivity contribution < 1.29 is 14.3 Å². The molecule has 1 heterocycles. The highest BCUT2D eigenvalue weighted by molar-refractivity contribution is 5.82. The average molecular weight is 436 g/mol. The molecule has 0 radical (unpaired) electrons. The summed E-state index contributed by atoms with van der Waals surface area (Å²) in [6, 6.07) is 12.6. The first-order chi connectivity index (χ1) is 15.2. The van der Waals surface area contributed by atoms with Crippen LogP contribution < -0.4 is 5.56 Å². The van der Waals surface area contributed by atoms with Crippen LogP contribution in [0.1, 0.15) is 49.7 Å². The first kappa shape index (κ1) is 23.2. The molecule has 3 aromatic rings. The van der Waals surface area contributed by atoms with Gasteiger partial charge in [0.25, 0.3) is 5.56 Å². The Labute approximate surface area is 187 Å². The molecule has 1 amide bonds. The Bertz CT molecular complexity index is 1220. The summed E-state index contributed by atoms with van der Waals surface area (Å²) in [6.45, 7) is 7.79. The fourth-order valence-corrected chi connectivity index (χ4v) is 3.73. The van der Waals surface area contributed by atoms with Gasteiger partial charge in [-0.05, 0) is 51.5 Å². The summed E-state index contributed by atoms with van der Waals surface area (Å²) in [5.41, 5.74) is 3.15. The minimum Gasteiger partial charge on any atom is -0.466 e. The molecule has 0 aliphatic carbocycles. The number of aryl methyl sites for hydroxylation is 2. The van der Waals surface area contributed by atoms with Crippen LogP contribution in [0.3, 0.4) is 0 Å². The van der Waals surface area contributed by atoms with E-state index < -0.39 is 12.0 Å². The SMILES string of the molecule is CCOC(=O)CCC(=O)N(C)C(C)c1nc2ccccc2c(=O)n1-c1ccc(C)cc1C. The minimum atomic E-state index is -0.497. The van der Waals surface area contributed by atoms with E-state index in [4.69, 9.17) is 9.72 Å². The number of amides is 1. The van der Waals surface area contributed by atoms with Crippen molar-refractivity contribution >= 4 is 22.8 Å². The van der Waals surface area contributed by atoms with Crippen molar-refractivity contribution in [1.29, 1.82) is 0 Å². The topological polar surface area (TPSA) is 81.5 Å². The van der Waals surface area contributed by atoms with Crippen molar-refractivity contribution in [3.05, 3.63) is 69.8 Å². The number of rotatable bonds is 7. The van der Waals surface area contributed by atoms with Gasteiger partial charge in [-0.2, -0.15) is 0 Å². The summed E-state index contributed by atoms with van der Waals surface area (Å²) in [4.78, 5) is 44.3. The number of fused-ring (bicyclic) bond motifs is 1. The third-order valence-corrected chi connectivity index (χ3v) is 5.59. The fourth-order valence-electron chi connectivity index (χ4n) is 3.73. The maximum absolute atomic E-state index is 13.5. The van der Waals surface area contributed by atoms with E-state index in [-0.39, 0.29) is 30.9 Å². The second-order valence-corrected chi connectivity index (χ2v) is 7.90. The highest BCUT2D eigenvalue weighted by Crippen LogP contribution is 2.24. The number of hydrogen-bond acceptors (Lipinski definition) is 5. The number of ether oxygens (including phenoxy) is 1. The van der Waals surface area contributed by atoms with Crippen LogP contribution in [0.15, 0.2) is 47.3 Å². The van der Waals surface area contributed by atoms with Crippen molar-refractivity contribution in [3.8, 4) is 5.69 Å². The highest BCUT2D eigenvalue weighted by atomic mass is 16.5. The van der Waals surface area contributed by atoms with Crippen LogP contribution in [0.2, 0.25) is 0 Å². The molecule has 168 valence electrons. The summed E-state index contributed by atoms with van der Waals surface area (Å²) < 4.78 is 6.51. The number of benzene rings is 2. The molecule has 0 N–H and O–H groups in total. The maximum Gasteiger partial charge on any atom is 0.306 e. The number of carbonyl (C=O) groups excluding carboxylic acids is 2. The molecule has 1 atom stereocenters. The quantitative estimate of drug-likeness (QED) is 0.526. The van der Waals surface area contributed by atoms with Gasteiger partial charge in [-0.1, -0.05) is 29.8 Å². The summed E-state index contributed by atoms with van der Waals surface area (Å²) in [5, 5.41) is 0.514. The van der Waals surface area contributed by atoms with Crippen molar-refractivity contribution in [2.45, 2.75) is 46.6 Å². The predicted molar refractivity (Wildman–Crippen MR) is 124 cm³/mol. The van der Waals surface area contributed by atoms with Crippen LogP contribution in [-0.2, 0) is 14.3 Å². The van der Waals surface area contributed by atoms with E-state index >= 15 is 0 Å². The predicted octanol–water partition coefficient (Wildman–Crippen LogP) is 3.87. The molecule has 0 aliphatic rings. The van der Waals surface area contributed by atoms with E-state index in [0.717, 1.165) is 16.8 Å². The molecule has 32 heavy (non-hydrogen) atoms. The van der Waals surface area contributed by atoms with Gasteiger partial charge in [0.05, 0.1) is 35.7 Å². The third-order valence-electron chi connectivity index (χ3n) is 5.59. The van der Waals surface area contributed by atoms with Crippen LogP contribution >= 0.6 is 0 Å². The van der Waals surface area contributed by atoms with Crippen LogP contribution in [0.25, 0.3) is 16.6 Å². The lowest BCUT2D eigenvalue weighted by Gasteiger charge is -2.27. The fraction of sp³-hybridized carbons (Fsp3) is 0.360. The second kappa shape index (κ2) is 9.77. The summed E-state index contributed by atoms with van der Waals surface area (Å²) in [7, 11) is 1.66. The summed E-state index contributed by atoms with van der Waals surface area (Å²) in [5.74, 6) is -0.161. The summed E-state index contributed by atoms with van der Waals surface area (Å²) >= 11 is 0. The Morgan fingerprint density at radius 3 is 2.53 bits per heavy atom. The monoisotopic (exact) mass is 435 g/mol. The van der Waals surface area contributed by atoms with Gasteiger partial charge in [0, 0.05) is 13.5 Å². The number of hydrogen-bond donors (Lipinski definition) is 0. The zero-order valence-electron chi connectivity index (χ0n) is 19.2. The van der Waals surface area contributed by atoms with E-state index in [2.05, 4.69) is 0 Å². The Morgan fingerprint density at radius 1 is 1.12 bits per heavy atom. The minimum absolute atomic E-state index is 0.0127. The largest absolute Gasteiger partial charge is 0.466 e. The van der Waals surface area contributed by atoms with Crippen LogP contribution in [0, 0.1) is 13.8 Å². The number of aromatic nitrogens is 2. The maximum atomic E-state index is 13.5. The lowest BCUT2D eigenvalue weighted by molar-refractivity contribution is -0.145. The second-order valence-electron chi connectivity index (χ2n) is 7.90. The third kappa shape index (κ3) is 4.72. The van der Waals surface area contributed by atoms with Gasteiger partial charge in [-0.15, -0.1) is 0 Å². The van der Waals surface area contributed by atoms with Crippen LogP contribution in [-0.4, -0.2) is 40.0 Å². The Kier molecular flexibility index (Phi) is 7.08.